The van der Waals surface area contributed by atoms with Crippen LogP contribution in [-0.2, 0) is 0 Å². The normalized spacial score (nSPS) is 11.4. The smallest absolute Gasteiger partial charge is 0.00262 e. The fourth-order valence-corrected chi connectivity index (χ4v) is 6.92. The molecule has 0 aromatic heterocycles. The summed E-state index contributed by atoms with van der Waals surface area (Å²) in [5.41, 5.74) is 12.7. The lowest BCUT2D eigenvalue weighted by atomic mass is 9.84. The zero-order chi connectivity index (χ0) is 29.6. The number of aryl methyl sites for hydroxylation is 2. The topological polar surface area (TPSA) is 0 Å². The van der Waals surface area contributed by atoms with Gasteiger partial charge in [-0.3, -0.25) is 0 Å². The number of rotatable bonds is 4. The van der Waals surface area contributed by atoms with E-state index in [2.05, 4.69) is 172 Å². The fourth-order valence-electron chi connectivity index (χ4n) is 6.92. The summed E-state index contributed by atoms with van der Waals surface area (Å²) in [4.78, 5) is 0. The maximum atomic E-state index is 2.41. The van der Waals surface area contributed by atoms with Crippen LogP contribution in [0.2, 0.25) is 0 Å². The maximum Gasteiger partial charge on any atom is -0.00262 e. The van der Waals surface area contributed by atoms with Crippen LogP contribution in [0.1, 0.15) is 11.1 Å². The third-order valence-corrected chi connectivity index (χ3v) is 9.12. The first-order chi connectivity index (χ1) is 21.7. The Kier molecular flexibility index (Phi) is 6.35. The summed E-state index contributed by atoms with van der Waals surface area (Å²) < 4.78 is 0. The minimum Gasteiger partial charge on any atom is -0.0622 e. The van der Waals surface area contributed by atoms with Gasteiger partial charge in [-0.05, 0) is 114 Å². The molecule has 8 aromatic carbocycles. The highest BCUT2D eigenvalue weighted by atomic mass is 14.2. The first kappa shape index (κ1) is 26.2. The van der Waals surface area contributed by atoms with Gasteiger partial charge in [-0.2, -0.15) is 0 Å². The van der Waals surface area contributed by atoms with Crippen LogP contribution >= 0.6 is 0 Å². The van der Waals surface area contributed by atoms with E-state index < -0.39 is 0 Å². The van der Waals surface area contributed by atoms with Gasteiger partial charge in [0.1, 0.15) is 0 Å². The molecule has 0 unspecified atom stereocenters. The third-order valence-electron chi connectivity index (χ3n) is 9.12. The first-order valence-electron chi connectivity index (χ1n) is 15.4. The summed E-state index contributed by atoms with van der Waals surface area (Å²) in [5.74, 6) is 0. The highest BCUT2D eigenvalue weighted by molar-refractivity contribution is 6.21. The average Bonchev–Trinajstić information content (AvgIpc) is 3.08. The number of fused-ring (bicyclic) bond motifs is 3. The Hall–Kier alpha value is -5.46. The molecule has 0 radical (unpaired) electrons. The molecule has 0 saturated carbocycles. The van der Waals surface area contributed by atoms with Gasteiger partial charge in [0.05, 0.1) is 0 Å². The van der Waals surface area contributed by atoms with Gasteiger partial charge in [0.15, 0.2) is 0 Å². The molecule has 8 aromatic rings. The van der Waals surface area contributed by atoms with Crippen molar-refractivity contribution in [1.29, 1.82) is 0 Å². The molecule has 208 valence electrons. The predicted octanol–water partition coefficient (Wildman–Crippen LogP) is 12.4. The maximum absolute atomic E-state index is 2.41. The molecule has 0 fully saturated rings. The molecule has 0 N–H and O–H groups in total. The van der Waals surface area contributed by atoms with E-state index in [9.17, 15) is 0 Å². The van der Waals surface area contributed by atoms with Crippen LogP contribution in [0.5, 0.6) is 0 Å². The SMILES string of the molecule is Cc1ccc(-c2c3ccccc3c(-c3ccc(-c4ccccc4)cc3)c3ccccc23)cc1-c1cc2ccccc2cc1C. The fraction of sp³-hybridized carbons (Fsp3) is 0.0455. The van der Waals surface area contributed by atoms with Gasteiger partial charge in [-0.1, -0.05) is 146 Å². The van der Waals surface area contributed by atoms with Crippen LogP contribution in [0, 0.1) is 13.8 Å². The Morgan fingerprint density at radius 3 is 1.34 bits per heavy atom. The lowest BCUT2D eigenvalue weighted by Gasteiger charge is -2.19. The minimum absolute atomic E-state index is 1.23. The lowest BCUT2D eigenvalue weighted by molar-refractivity contribution is 1.42. The lowest BCUT2D eigenvalue weighted by Crippen LogP contribution is -1.93. The summed E-state index contributed by atoms with van der Waals surface area (Å²) in [6, 6.07) is 57.8. The molecule has 44 heavy (non-hydrogen) atoms. The zero-order valence-electron chi connectivity index (χ0n) is 25.0. The summed E-state index contributed by atoms with van der Waals surface area (Å²) >= 11 is 0. The van der Waals surface area contributed by atoms with Crippen molar-refractivity contribution in [1.82, 2.24) is 0 Å². The Labute approximate surface area is 258 Å². The molecule has 0 heterocycles. The van der Waals surface area contributed by atoms with Crippen molar-refractivity contribution in [2.45, 2.75) is 13.8 Å². The quantitative estimate of drug-likeness (QED) is 0.188. The van der Waals surface area contributed by atoms with Crippen molar-refractivity contribution >= 4 is 32.3 Å². The summed E-state index contributed by atoms with van der Waals surface area (Å²) in [6.07, 6.45) is 0. The Bertz CT molecular complexity index is 2270. The molecule has 0 aliphatic heterocycles. The van der Waals surface area contributed by atoms with Crippen molar-refractivity contribution in [3.63, 3.8) is 0 Å². The summed E-state index contributed by atoms with van der Waals surface area (Å²) in [7, 11) is 0. The van der Waals surface area contributed by atoms with Crippen molar-refractivity contribution in [3.8, 4) is 44.5 Å². The van der Waals surface area contributed by atoms with Crippen molar-refractivity contribution < 1.29 is 0 Å². The van der Waals surface area contributed by atoms with E-state index >= 15 is 0 Å². The zero-order valence-corrected chi connectivity index (χ0v) is 25.0. The van der Waals surface area contributed by atoms with Crippen LogP contribution in [0.3, 0.4) is 0 Å². The van der Waals surface area contributed by atoms with Crippen LogP contribution in [0.4, 0.5) is 0 Å². The van der Waals surface area contributed by atoms with Gasteiger partial charge in [0, 0.05) is 0 Å². The monoisotopic (exact) mass is 560 g/mol. The van der Waals surface area contributed by atoms with E-state index in [1.807, 2.05) is 0 Å². The second-order valence-corrected chi connectivity index (χ2v) is 11.8. The van der Waals surface area contributed by atoms with Crippen LogP contribution in [0.15, 0.2) is 158 Å². The van der Waals surface area contributed by atoms with Gasteiger partial charge in [0.25, 0.3) is 0 Å². The molecule has 0 spiro atoms. The van der Waals surface area contributed by atoms with Gasteiger partial charge < -0.3 is 0 Å². The Morgan fingerprint density at radius 2 is 0.727 bits per heavy atom. The van der Waals surface area contributed by atoms with Gasteiger partial charge in [0.2, 0.25) is 0 Å². The first-order valence-corrected chi connectivity index (χ1v) is 15.4. The third kappa shape index (κ3) is 4.39. The van der Waals surface area contributed by atoms with E-state index in [0.717, 1.165) is 0 Å². The van der Waals surface area contributed by atoms with E-state index in [-0.39, 0.29) is 0 Å². The molecule has 8 rings (SSSR count). The van der Waals surface area contributed by atoms with E-state index in [1.54, 1.807) is 0 Å². The number of hydrogen-bond acceptors (Lipinski definition) is 0. The van der Waals surface area contributed by atoms with E-state index in [1.165, 1.54) is 88.0 Å². The molecule has 0 aliphatic carbocycles. The highest BCUT2D eigenvalue weighted by Gasteiger charge is 2.18. The molecule has 0 saturated heterocycles. The van der Waals surface area contributed by atoms with Crippen molar-refractivity contribution in [2.24, 2.45) is 0 Å². The Morgan fingerprint density at radius 1 is 0.295 bits per heavy atom. The van der Waals surface area contributed by atoms with E-state index in [4.69, 9.17) is 0 Å². The van der Waals surface area contributed by atoms with Crippen LogP contribution in [-0.4, -0.2) is 0 Å². The minimum atomic E-state index is 1.23. The second-order valence-electron chi connectivity index (χ2n) is 11.8. The van der Waals surface area contributed by atoms with Gasteiger partial charge in [-0.15, -0.1) is 0 Å². The molecule has 0 atom stereocenters. The van der Waals surface area contributed by atoms with E-state index in [0.29, 0.717) is 0 Å². The summed E-state index contributed by atoms with van der Waals surface area (Å²) in [6.45, 7) is 4.46. The number of hydrogen-bond donors (Lipinski definition) is 0. The number of benzene rings is 8. The molecule has 0 heteroatoms. The molecular weight excluding hydrogens is 528 g/mol. The average molecular weight is 561 g/mol. The molecule has 0 bridgehead atoms. The molecule has 0 aliphatic rings. The Balaban J connectivity index is 1.35. The highest BCUT2D eigenvalue weighted by Crippen LogP contribution is 2.45. The second kappa shape index (κ2) is 10.7. The molecule has 0 amide bonds. The van der Waals surface area contributed by atoms with Crippen LogP contribution < -0.4 is 0 Å². The van der Waals surface area contributed by atoms with Gasteiger partial charge >= 0.3 is 0 Å². The van der Waals surface area contributed by atoms with Crippen LogP contribution in [0.25, 0.3) is 76.8 Å². The van der Waals surface area contributed by atoms with Crippen molar-refractivity contribution in [2.75, 3.05) is 0 Å². The van der Waals surface area contributed by atoms with Gasteiger partial charge in [-0.25, -0.2) is 0 Å². The van der Waals surface area contributed by atoms with Crippen molar-refractivity contribution in [3.05, 3.63) is 169 Å². The largest absolute Gasteiger partial charge is 0.0622 e. The molecule has 0 nitrogen and oxygen atoms in total. The predicted molar refractivity (Wildman–Crippen MR) is 190 cm³/mol. The molecular formula is C44H32. The standard InChI is InChI=1S/C44H32/c1-29-20-21-36(28-41(29)42-27-35-15-7-6-14-34(35)26-30(42)2)44-39-18-10-8-16-37(39)43(38-17-9-11-19-40(38)44)33-24-22-32(23-25-33)31-12-4-3-5-13-31/h3-28H,1-2H3. The summed E-state index contributed by atoms with van der Waals surface area (Å²) in [5, 5.41) is 7.66.